The highest BCUT2D eigenvalue weighted by atomic mass is 79.9. The zero-order valence-corrected chi connectivity index (χ0v) is 12.6. The molecule has 0 bridgehead atoms. The Kier molecular flexibility index (Phi) is 6.46. The van der Waals surface area contributed by atoms with Crippen LogP contribution in [-0.4, -0.2) is 31.5 Å². The van der Waals surface area contributed by atoms with Crippen LogP contribution in [0.25, 0.3) is 0 Å². The number of benzene rings is 1. The lowest BCUT2D eigenvalue weighted by Crippen LogP contribution is -2.24. The average Bonchev–Trinajstić information content (AvgIpc) is 2.31. The van der Waals surface area contributed by atoms with Gasteiger partial charge in [0.1, 0.15) is 0 Å². The molecule has 1 aromatic carbocycles. The number of rotatable bonds is 7. The molecule has 0 amide bonds. The van der Waals surface area contributed by atoms with E-state index in [1.807, 2.05) is 19.1 Å². The van der Waals surface area contributed by atoms with Gasteiger partial charge in [-0.05, 0) is 26.0 Å². The average molecular weight is 318 g/mol. The second kappa shape index (κ2) is 7.61. The summed E-state index contributed by atoms with van der Waals surface area (Å²) >= 11 is 3.45. The molecular weight excluding hydrogens is 298 g/mol. The Hall–Kier alpha value is -0.780. The maximum Gasteiger partial charge on any atom is 0.165 e. The van der Waals surface area contributed by atoms with Gasteiger partial charge < -0.3 is 19.9 Å². The van der Waals surface area contributed by atoms with E-state index >= 15 is 0 Å². The fourth-order valence-corrected chi connectivity index (χ4v) is 2.11. The van der Waals surface area contributed by atoms with Crippen LogP contribution in [0.5, 0.6) is 11.5 Å². The van der Waals surface area contributed by atoms with Gasteiger partial charge in [0.15, 0.2) is 11.5 Å². The molecule has 0 spiro atoms. The van der Waals surface area contributed by atoms with E-state index in [2.05, 4.69) is 21.2 Å². The first-order valence-electron chi connectivity index (χ1n) is 5.96. The third kappa shape index (κ3) is 4.48. The number of halogens is 1. The lowest BCUT2D eigenvalue weighted by molar-refractivity contribution is 0.190. The number of hydrogen-bond donors (Lipinski definition) is 2. The topological polar surface area (TPSA) is 50.7 Å². The zero-order chi connectivity index (χ0) is 13.5. The SMILES string of the molecule is CCOc1c(CNC[C@@H](C)O)cc(Br)cc1OC. The summed E-state index contributed by atoms with van der Waals surface area (Å²) in [6.07, 6.45) is -0.366. The summed E-state index contributed by atoms with van der Waals surface area (Å²) in [4.78, 5) is 0. The van der Waals surface area contributed by atoms with Crippen LogP contribution in [0.2, 0.25) is 0 Å². The van der Waals surface area contributed by atoms with Gasteiger partial charge in [0, 0.05) is 23.1 Å². The van der Waals surface area contributed by atoms with Gasteiger partial charge in [-0.15, -0.1) is 0 Å². The summed E-state index contributed by atoms with van der Waals surface area (Å²) in [5.41, 5.74) is 1.00. The number of methoxy groups -OCH3 is 1. The first kappa shape index (κ1) is 15.3. The fourth-order valence-electron chi connectivity index (χ4n) is 1.63. The summed E-state index contributed by atoms with van der Waals surface area (Å²) in [6.45, 7) is 5.43. The number of nitrogens with one attached hydrogen (secondary N) is 1. The fraction of sp³-hybridized carbons (Fsp3) is 0.538. The van der Waals surface area contributed by atoms with E-state index in [0.717, 1.165) is 15.8 Å². The highest BCUT2D eigenvalue weighted by molar-refractivity contribution is 9.10. The van der Waals surface area contributed by atoms with Crippen LogP contribution in [-0.2, 0) is 6.54 Å². The van der Waals surface area contributed by atoms with Gasteiger partial charge in [-0.1, -0.05) is 15.9 Å². The number of aliphatic hydroxyl groups excluding tert-OH is 1. The summed E-state index contributed by atoms with van der Waals surface area (Å²) in [5, 5.41) is 12.4. The molecule has 0 unspecified atom stereocenters. The van der Waals surface area contributed by atoms with Crippen molar-refractivity contribution in [3.8, 4) is 11.5 Å². The summed E-state index contributed by atoms with van der Waals surface area (Å²) in [7, 11) is 1.62. The molecule has 2 N–H and O–H groups in total. The van der Waals surface area contributed by atoms with E-state index < -0.39 is 0 Å². The van der Waals surface area contributed by atoms with Crippen molar-refractivity contribution in [2.75, 3.05) is 20.3 Å². The van der Waals surface area contributed by atoms with Crippen molar-refractivity contribution in [3.05, 3.63) is 22.2 Å². The van der Waals surface area contributed by atoms with E-state index in [1.165, 1.54) is 0 Å². The molecule has 0 saturated heterocycles. The third-order valence-corrected chi connectivity index (χ3v) is 2.82. The van der Waals surface area contributed by atoms with Gasteiger partial charge in [0.05, 0.1) is 19.8 Å². The maximum atomic E-state index is 9.23. The molecule has 102 valence electrons. The van der Waals surface area contributed by atoms with E-state index in [9.17, 15) is 5.11 Å². The van der Waals surface area contributed by atoms with Crippen LogP contribution in [0.15, 0.2) is 16.6 Å². The first-order chi connectivity index (χ1) is 8.58. The molecule has 0 fully saturated rings. The molecule has 1 atom stereocenters. The Morgan fingerprint density at radius 3 is 2.72 bits per heavy atom. The molecule has 0 saturated carbocycles. The lowest BCUT2D eigenvalue weighted by atomic mass is 10.2. The molecule has 4 nitrogen and oxygen atoms in total. The molecule has 0 radical (unpaired) electrons. The lowest BCUT2D eigenvalue weighted by Gasteiger charge is -2.16. The maximum absolute atomic E-state index is 9.23. The van der Waals surface area contributed by atoms with Crippen LogP contribution < -0.4 is 14.8 Å². The number of aliphatic hydroxyl groups is 1. The van der Waals surface area contributed by atoms with Gasteiger partial charge in [0.25, 0.3) is 0 Å². The van der Waals surface area contributed by atoms with Crippen LogP contribution in [0.3, 0.4) is 0 Å². The van der Waals surface area contributed by atoms with Crippen LogP contribution in [0.4, 0.5) is 0 Å². The monoisotopic (exact) mass is 317 g/mol. The van der Waals surface area contributed by atoms with E-state index in [-0.39, 0.29) is 6.10 Å². The zero-order valence-electron chi connectivity index (χ0n) is 11.0. The minimum atomic E-state index is -0.366. The van der Waals surface area contributed by atoms with Gasteiger partial charge in [0.2, 0.25) is 0 Å². The van der Waals surface area contributed by atoms with Crippen molar-refractivity contribution in [1.29, 1.82) is 0 Å². The Bertz CT molecular complexity index is 383. The predicted octanol–water partition coefficient (Wildman–Crippen LogP) is 2.33. The molecule has 1 rings (SSSR count). The van der Waals surface area contributed by atoms with Gasteiger partial charge in [-0.2, -0.15) is 0 Å². The van der Waals surface area contributed by atoms with E-state index in [1.54, 1.807) is 14.0 Å². The molecule has 0 aliphatic rings. The molecule has 0 aromatic heterocycles. The second-order valence-corrected chi connectivity index (χ2v) is 4.92. The van der Waals surface area contributed by atoms with Gasteiger partial charge in [-0.25, -0.2) is 0 Å². The second-order valence-electron chi connectivity index (χ2n) is 4.01. The summed E-state index contributed by atoms with van der Waals surface area (Å²) in [5.74, 6) is 1.46. The summed E-state index contributed by atoms with van der Waals surface area (Å²) < 4.78 is 11.9. The molecule has 0 aliphatic heterocycles. The smallest absolute Gasteiger partial charge is 0.165 e. The van der Waals surface area contributed by atoms with Crippen molar-refractivity contribution in [1.82, 2.24) is 5.32 Å². The Morgan fingerprint density at radius 1 is 1.44 bits per heavy atom. The normalized spacial score (nSPS) is 12.3. The quantitative estimate of drug-likeness (QED) is 0.810. The molecule has 5 heteroatoms. The molecule has 0 heterocycles. The third-order valence-electron chi connectivity index (χ3n) is 2.36. The van der Waals surface area contributed by atoms with Crippen LogP contribution in [0.1, 0.15) is 19.4 Å². The van der Waals surface area contributed by atoms with Crippen molar-refractivity contribution in [2.24, 2.45) is 0 Å². The molecule has 18 heavy (non-hydrogen) atoms. The van der Waals surface area contributed by atoms with Crippen molar-refractivity contribution in [3.63, 3.8) is 0 Å². The largest absolute Gasteiger partial charge is 0.493 e. The van der Waals surface area contributed by atoms with Gasteiger partial charge >= 0.3 is 0 Å². The van der Waals surface area contributed by atoms with E-state index in [4.69, 9.17) is 9.47 Å². The Morgan fingerprint density at radius 2 is 2.17 bits per heavy atom. The van der Waals surface area contributed by atoms with Crippen LogP contribution in [0, 0.1) is 0 Å². The predicted molar refractivity (Wildman–Crippen MR) is 75.3 cm³/mol. The highest BCUT2D eigenvalue weighted by Gasteiger charge is 2.12. The van der Waals surface area contributed by atoms with Crippen LogP contribution >= 0.6 is 15.9 Å². The standard InChI is InChI=1S/C13H20BrNO3/c1-4-18-13-10(8-15-7-9(2)16)5-11(14)6-12(13)17-3/h5-6,9,15-16H,4,7-8H2,1-3H3/t9-/m1/s1. The molecule has 1 aromatic rings. The van der Waals surface area contributed by atoms with Crippen molar-refractivity contribution in [2.45, 2.75) is 26.5 Å². The van der Waals surface area contributed by atoms with Crippen molar-refractivity contribution < 1.29 is 14.6 Å². The molecular formula is C13H20BrNO3. The minimum absolute atomic E-state index is 0.366. The van der Waals surface area contributed by atoms with Crippen molar-refractivity contribution >= 4 is 15.9 Å². The first-order valence-corrected chi connectivity index (χ1v) is 6.75. The Balaban J connectivity index is 2.88. The number of ether oxygens (including phenoxy) is 2. The minimum Gasteiger partial charge on any atom is -0.493 e. The molecule has 0 aliphatic carbocycles. The Labute approximate surface area is 116 Å². The van der Waals surface area contributed by atoms with Gasteiger partial charge in [-0.3, -0.25) is 0 Å². The number of hydrogen-bond acceptors (Lipinski definition) is 4. The van der Waals surface area contributed by atoms with E-state index in [0.29, 0.717) is 25.4 Å². The summed E-state index contributed by atoms with van der Waals surface area (Å²) in [6, 6.07) is 3.87. The highest BCUT2D eigenvalue weighted by Crippen LogP contribution is 2.34.